The predicted octanol–water partition coefficient (Wildman–Crippen LogP) is 2.17. The largest absolute Gasteiger partial charge is 0.339 e. The molecule has 1 aromatic carbocycles. The lowest BCUT2D eigenvalue weighted by molar-refractivity contribution is -0.136. The van der Waals surface area contributed by atoms with E-state index in [1.807, 2.05) is 4.90 Å². The molecule has 3 rings (SSSR count). The SMILES string of the molecule is C[C@H]1CCCCN1C(=O)CN1CCN(CCC(=O)Nc2cccc(F)c2)CC1. The molecule has 2 amide bonds. The average Bonchev–Trinajstić information content (AvgIpc) is 2.68. The van der Waals surface area contributed by atoms with Gasteiger partial charge < -0.3 is 15.1 Å². The molecule has 2 heterocycles. The standard InChI is InChI=1S/C21H31FN4O2/c1-17-5-2-3-9-26(17)21(28)16-25-13-11-24(12-14-25)10-8-20(27)23-19-7-4-6-18(22)15-19/h4,6-7,15,17H,2-3,5,8-14,16H2,1H3,(H,23,27)/t17-/m0/s1. The summed E-state index contributed by atoms with van der Waals surface area (Å²) in [5, 5.41) is 2.73. The second-order valence-corrected chi connectivity index (χ2v) is 7.86. The molecule has 0 aliphatic carbocycles. The Bertz CT molecular complexity index is 676. The fourth-order valence-electron chi connectivity index (χ4n) is 3.97. The lowest BCUT2D eigenvalue weighted by atomic mass is 10.0. The highest BCUT2D eigenvalue weighted by atomic mass is 19.1. The Hall–Kier alpha value is -1.99. The number of carbonyl (C=O) groups is 2. The molecule has 1 N–H and O–H groups in total. The van der Waals surface area contributed by atoms with Gasteiger partial charge >= 0.3 is 0 Å². The monoisotopic (exact) mass is 390 g/mol. The van der Waals surface area contributed by atoms with Crippen LogP contribution in [-0.4, -0.2) is 78.4 Å². The smallest absolute Gasteiger partial charge is 0.236 e. The van der Waals surface area contributed by atoms with Crippen molar-refractivity contribution in [1.82, 2.24) is 14.7 Å². The minimum atomic E-state index is -0.359. The van der Waals surface area contributed by atoms with Gasteiger partial charge in [-0.25, -0.2) is 4.39 Å². The van der Waals surface area contributed by atoms with E-state index >= 15 is 0 Å². The number of piperidine rings is 1. The van der Waals surface area contributed by atoms with Crippen LogP contribution in [0.4, 0.5) is 10.1 Å². The average molecular weight is 391 g/mol. The zero-order chi connectivity index (χ0) is 19.9. The second-order valence-electron chi connectivity index (χ2n) is 7.86. The number of amides is 2. The Morgan fingerprint density at radius 1 is 1.11 bits per heavy atom. The van der Waals surface area contributed by atoms with Crippen molar-refractivity contribution in [2.45, 2.75) is 38.6 Å². The fraction of sp³-hybridized carbons (Fsp3) is 0.619. The molecule has 0 radical (unpaired) electrons. The van der Waals surface area contributed by atoms with Crippen molar-refractivity contribution in [2.75, 3.05) is 51.1 Å². The molecule has 0 unspecified atom stereocenters. The molecular formula is C21H31FN4O2. The van der Waals surface area contributed by atoms with Gasteiger partial charge in [0, 0.05) is 57.4 Å². The first kappa shape index (κ1) is 20.7. The molecule has 1 atom stereocenters. The summed E-state index contributed by atoms with van der Waals surface area (Å²) in [6, 6.07) is 6.29. The first-order chi connectivity index (χ1) is 13.5. The van der Waals surface area contributed by atoms with Crippen LogP contribution in [0.15, 0.2) is 24.3 Å². The quantitative estimate of drug-likeness (QED) is 0.809. The van der Waals surface area contributed by atoms with E-state index in [4.69, 9.17) is 0 Å². The first-order valence-corrected chi connectivity index (χ1v) is 10.3. The van der Waals surface area contributed by atoms with Gasteiger partial charge in [0.1, 0.15) is 5.82 Å². The van der Waals surface area contributed by atoms with E-state index in [2.05, 4.69) is 22.0 Å². The summed E-state index contributed by atoms with van der Waals surface area (Å²) in [5.74, 6) is -0.222. The number of hydrogen-bond acceptors (Lipinski definition) is 4. The molecule has 7 heteroatoms. The van der Waals surface area contributed by atoms with Crippen molar-refractivity contribution in [3.63, 3.8) is 0 Å². The normalized spacial score (nSPS) is 21.5. The van der Waals surface area contributed by atoms with E-state index in [0.29, 0.717) is 31.2 Å². The van der Waals surface area contributed by atoms with Gasteiger partial charge in [-0.3, -0.25) is 14.5 Å². The van der Waals surface area contributed by atoms with Crippen LogP contribution in [0.1, 0.15) is 32.6 Å². The molecule has 0 aromatic heterocycles. The highest BCUT2D eigenvalue weighted by Gasteiger charge is 2.26. The Balaban J connectivity index is 1.35. The number of hydrogen-bond donors (Lipinski definition) is 1. The van der Waals surface area contributed by atoms with Gasteiger partial charge in [-0.2, -0.15) is 0 Å². The Labute approximate surface area is 166 Å². The molecule has 2 saturated heterocycles. The third kappa shape index (κ3) is 6.01. The molecule has 0 bridgehead atoms. The van der Waals surface area contributed by atoms with Crippen molar-refractivity contribution >= 4 is 17.5 Å². The third-order valence-corrected chi connectivity index (χ3v) is 5.71. The molecule has 2 aliphatic heterocycles. The Morgan fingerprint density at radius 2 is 1.86 bits per heavy atom. The van der Waals surface area contributed by atoms with Crippen LogP contribution in [0.25, 0.3) is 0 Å². The van der Waals surface area contributed by atoms with Crippen molar-refractivity contribution in [3.8, 4) is 0 Å². The number of nitrogens with one attached hydrogen (secondary N) is 1. The number of likely N-dealkylation sites (tertiary alicyclic amines) is 1. The highest BCUT2D eigenvalue weighted by Crippen LogP contribution is 2.17. The predicted molar refractivity (Wildman–Crippen MR) is 108 cm³/mol. The molecule has 28 heavy (non-hydrogen) atoms. The number of anilines is 1. The molecule has 0 saturated carbocycles. The van der Waals surface area contributed by atoms with E-state index in [1.165, 1.54) is 18.6 Å². The molecular weight excluding hydrogens is 359 g/mol. The van der Waals surface area contributed by atoms with Gasteiger partial charge in [-0.15, -0.1) is 0 Å². The lowest BCUT2D eigenvalue weighted by Gasteiger charge is -2.38. The van der Waals surface area contributed by atoms with Gasteiger partial charge in [0.2, 0.25) is 11.8 Å². The van der Waals surface area contributed by atoms with Gasteiger partial charge in [-0.1, -0.05) is 6.07 Å². The Morgan fingerprint density at radius 3 is 2.57 bits per heavy atom. The molecule has 2 fully saturated rings. The van der Waals surface area contributed by atoms with Crippen LogP contribution in [0.3, 0.4) is 0 Å². The maximum Gasteiger partial charge on any atom is 0.236 e. The number of benzene rings is 1. The number of piperazine rings is 1. The van der Waals surface area contributed by atoms with E-state index in [9.17, 15) is 14.0 Å². The van der Waals surface area contributed by atoms with E-state index in [-0.39, 0.29) is 17.6 Å². The summed E-state index contributed by atoms with van der Waals surface area (Å²) in [4.78, 5) is 31.1. The van der Waals surface area contributed by atoms with Crippen molar-refractivity contribution in [2.24, 2.45) is 0 Å². The molecule has 1 aromatic rings. The summed E-state index contributed by atoms with van der Waals surface area (Å²) in [7, 11) is 0. The molecule has 0 spiro atoms. The number of halogens is 1. The maximum atomic E-state index is 13.2. The first-order valence-electron chi connectivity index (χ1n) is 10.3. The minimum absolute atomic E-state index is 0.109. The van der Waals surface area contributed by atoms with Gasteiger partial charge in [-0.05, 0) is 44.4 Å². The van der Waals surface area contributed by atoms with Crippen molar-refractivity contribution in [3.05, 3.63) is 30.1 Å². The summed E-state index contributed by atoms with van der Waals surface area (Å²) < 4.78 is 13.2. The summed E-state index contributed by atoms with van der Waals surface area (Å²) in [5.41, 5.74) is 0.486. The number of nitrogens with zero attached hydrogens (tertiary/aromatic N) is 3. The van der Waals surface area contributed by atoms with E-state index in [1.54, 1.807) is 12.1 Å². The number of carbonyl (C=O) groups excluding carboxylic acids is 2. The molecule has 6 nitrogen and oxygen atoms in total. The topological polar surface area (TPSA) is 55.9 Å². The van der Waals surface area contributed by atoms with E-state index < -0.39 is 0 Å². The van der Waals surface area contributed by atoms with E-state index in [0.717, 1.165) is 45.6 Å². The minimum Gasteiger partial charge on any atom is -0.339 e. The molecule has 2 aliphatic rings. The second kappa shape index (κ2) is 9.98. The summed E-state index contributed by atoms with van der Waals surface area (Å²) in [6.07, 6.45) is 3.82. The van der Waals surface area contributed by atoms with Crippen LogP contribution < -0.4 is 5.32 Å². The number of rotatable bonds is 6. The van der Waals surface area contributed by atoms with Gasteiger partial charge in [0.15, 0.2) is 0 Å². The zero-order valence-corrected chi connectivity index (χ0v) is 16.7. The van der Waals surface area contributed by atoms with Crippen molar-refractivity contribution in [1.29, 1.82) is 0 Å². The van der Waals surface area contributed by atoms with Crippen LogP contribution >= 0.6 is 0 Å². The lowest BCUT2D eigenvalue weighted by Crippen LogP contribution is -2.52. The maximum absolute atomic E-state index is 13.2. The van der Waals surface area contributed by atoms with Crippen LogP contribution in [0, 0.1) is 5.82 Å². The van der Waals surface area contributed by atoms with Crippen LogP contribution in [0.2, 0.25) is 0 Å². The van der Waals surface area contributed by atoms with Crippen LogP contribution in [0.5, 0.6) is 0 Å². The summed E-state index contributed by atoms with van der Waals surface area (Å²) in [6.45, 7) is 7.61. The van der Waals surface area contributed by atoms with Gasteiger partial charge in [0.05, 0.1) is 6.54 Å². The highest BCUT2D eigenvalue weighted by molar-refractivity contribution is 5.90. The van der Waals surface area contributed by atoms with Crippen molar-refractivity contribution < 1.29 is 14.0 Å². The van der Waals surface area contributed by atoms with Crippen LogP contribution in [-0.2, 0) is 9.59 Å². The Kier molecular flexibility index (Phi) is 7.39. The zero-order valence-electron chi connectivity index (χ0n) is 16.7. The fourth-order valence-corrected chi connectivity index (χ4v) is 3.97. The summed E-state index contributed by atoms with van der Waals surface area (Å²) >= 11 is 0. The molecule has 154 valence electrons. The third-order valence-electron chi connectivity index (χ3n) is 5.71. The van der Waals surface area contributed by atoms with Gasteiger partial charge in [0.25, 0.3) is 0 Å².